The van der Waals surface area contributed by atoms with Gasteiger partial charge in [0.15, 0.2) is 6.10 Å². The molecule has 0 radical (unpaired) electrons. The average Bonchev–Trinajstić information content (AvgIpc) is 2.73. The lowest BCUT2D eigenvalue weighted by Crippen LogP contribution is -2.30. The van der Waals surface area contributed by atoms with E-state index in [2.05, 4.69) is 10.2 Å². The zero-order chi connectivity index (χ0) is 21.6. The van der Waals surface area contributed by atoms with Gasteiger partial charge in [-0.05, 0) is 55.5 Å². The maximum atomic E-state index is 12.2. The van der Waals surface area contributed by atoms with E-state index >= 15 is 0 Å². The minimum atomic E-state index is -3.83. The van der Waals surface area contributed by atoms with Crippen molar-refractivity contribution in [2.75, 3.05) is 19.5 Å². The molecular weight excluding hydrogens is 398 g/mol. The largest absolute Gasteiger partial charge is 0.449 e. The third kappa shape index (κ3) is 5.39. The van der Waals surface area contributed by atoms with Crippen LogP contribution in [-0.2, 0) is 24.4 Å². The lowest BCUT2D eigenvalue weighted by atomic mass is 10.2. The van der Waals surface area contributed by atoms with Crippen LogP contribution in [0.1, 0.15) is 22.8 Å². The molecule has 0 saturated carbocycles. The van der Waals surface area contributed by atoms with Gasteiger partial charge in [0.05, 0.1) is 29.2 Å². The van der Waals surface area contributed by atoms with E-state index in [0.29, 0.717) is 15.7 Å². The number of nitrogens with one attached hydrogen (secondary N) is 1. The first kappa shape index (κ1) is 22.0. The molecule has 0 unspecified atom stereocenters. The van der Waals surface area contributed by atoms with Crippen molar-refractivity contribution in [2.45, 2.75) is 17.9 Å². The zero-order valence-electron chi connectivity index (χ0n) is 15.9. The summed E-state index contributed by atoms with van der Waals surface area (Å²) in [5, 5.41) is 11.3. The van der Waals surface area contributed by atoms with Crippen LogP contribution in [0.25, 0.3) is 0 Å². The number of nitrogens with zero attached hydrogens (tertiary/aromatic N) is 2. The molecule has 0 aliphatic heterocycles. The Labute approximate surface area is 168 Å². The molecule has 0 bridgehead atoms. The summed E-state index contributed by atoms with van der Waals surface area (Å²) in [5.74, 6) is -1.33. The van der Waals surface area contributed by atoms with E-state index in [1.54, 1.807) is 24.3 Å². The lowest BCUT2D eigenvalue weighted by Gasteiger charge is -2.15. The van der Waals surface area contributed by atoms with Crippen LogP contribution in [0, 0.1) is 11.3 Å². The number of hydrogen-bond donors (Lipinski definition) is 1. The van der Waals surface area contributed by atoms with E-state index in [9.17, 15) is 18.0 Å². The van der Waals surface area contributed by atoms with Crippen LogP contribution in [0.5, 0.6) is 0 Å². The Bertz CT molecular complexity index is 1030. The van der Waals surface area contributed by atoms with Crippen molar-refractivity contribution in [2.24, 2.45) is 0 Å². The second-order valence-electron chi connectivity index (χ2n) is 5.85. The number of benzene rings is 2. The molecule has 1 N–H and O–H groups in total. The summed E-state index contributed by atoms with van der Waals surface area (Å²) in [4.78, 5) is 29.0. The highest BCUT2D eigenvalue weighted by atomic mass is 32.2. The normalized spacial score (nSPS) is 12.1. The first-order valence-electron chi connectivity index (χ1n) is 8.34. The second kappa shape index (κ2) is 9.29. The number of hydroxylamine groups is 1. The molecule has 0 fully saturated rings. The summed E-state index contributed by atoms with van der Waals surface area (Å²) in [5.41, 5.74) is 0.986. The van der Waals surface area contributed by atoms with Gasteiger partial charge in [0.25, 0.3) is 15.9 Å². The second-order valence-corrected chi connectivity index (χ2v) is 7.78. The van der Waals surface area contributed by atoms with Crippen LogP contribution in [0.3, 0.4) is 0 Å². The van der Waals surface area contributed by atoms with Crippen molar-refractivity contribution < 1.29 is 27.6 Å². The zero-order valence-corrected chi connectivity index (χ0v) is 16.8. The molecule has 10 heteroatoms. The monoisotopic (exact) mass is 417 g/mol. The topological polar surface area (TPSA) is 126 Å². The highest BCUT2D eigenvalue weighted by molar-refractivity contribution is 7.89. The van der Waals surface area contributed by atoms with Gasteiger partial charge in [-0.3, -0.25) is 9.63 Å². The number of nitriles is 1. The number of rotatable bonds is 7. The van der Waals surface area contributed by atoms with Crippen molar-refractivity contribution in [3.05, 3.63) is 59.7 Å². The van der Waals surface area contributed by atoms with Gasteiger partial charge in [-0.15, -0.1) is 0 Å². The van der Waals surface area contributed by atoms with E-state index < -0.39 is 28.0 Å². The van der Waals surface area contributed by atoms with Gasteiger partial charge in [-0.25, -0.2) is 13.2 Å². The first-order chi connectivity index (χ1) is 13.7. The number of sulfonamides is 1. The van der Waals surface area contributed by atoms with Gasteiger partial charge >= 0.3 is 5.97 Å². The molecule has 0 saturated heterocycles. The van der Waals surface area contributed by atoms with Crippen molar-refractivity contribution in [3.8, 4) is 6.07 Å². The highest BCUT2D eigenvalue weighted by Gasteiger charge is 2.22. The van der Waals surface area contributed by atoms with Gasteiger partial charge in [0, 0.05) is 12.7 Å². The SMILES string of the molecule is CON(C)S(=O)(=O)c1ccc(C(=O)O[C@H](C)C(=O)Nc2ccc(C#N)cc2)cc1. The Hall–Kier alpha value is -3.26. The minimum Gasteiger partial charge on any atom is -0.449 e. The Morgan fingerprint density at radius 2 is 1.69 bits per heavy atom. The molecular formula is C19H19N3O6S. The molecule has 2 aromatic rings. The van der Waals surface area contributed by atoms with E-state index in [0.717, 1.165) is 0 Å². The van der Waals surface area contributed by atoms with Crippen LogP contribution < -0.4 is 5.32 Å². The van der Waals surface area contributed by atoms with Crippen molar-refractivity contribution >= 4 is 27.6 Å². The quantitative estimate of drug-likeness (QED) is 0.539. The van der Waals surface area contributed by atoms with Gasteiger partial charge in [0.1, 0.15) is 0 Å². The summed E-state index contributed by atoms with van der Waals surface area (Å²) >= 11 is 0. The molecule has 9 nitrogen and oxygen atoms in total. The summed E-state index contributed by atoms with van der Waals surface area (Å²) in [7, 11) is -1.38. The number of carbonyl (C=O) groups excluding carboxylic acids is 2. The van der Waals surface area contributed by atoms with Gasteiger partial charge in [-0.1, -0.05) is 4.47 Å². The molecule has 2 rings (SSSR count). The van der Waals surface area contributed by atoms with Crippen LogP contribution in [0.15, 0.2) is 53.4 Å². The summed E-state index contributed by atoms with van der Waals surface area (Å²) in [6.07, 6.45) is -1.10. The molecule has 0 aromatic heterocycles. The van der Waals surface area contributed by atoms with E-state index in [4.69, 9.17) is 10.00 Å². The maximum Gasteiger partial charge on any atom is 0.338 e. The first-order valence-corrected chi connectivity index (χ1v) is 9.78. The summed E-state index contributed by atoms with van der Waals surface area (Å²) in [6.45, 7) is 1.41. The van der Waals surface area contributed by atoms with E-state index in [1.807, 2.05) is 6.07 Å². The highest BCUT2D eigenvalue weighted by Crippen LogP contribution is 2.16. The molecule has 1 amide bonds. The summed E-state index contributed by atoms with van der Waals surface area (Å²) in [6, 6.07) is 13.2. The van der Waals surface area contributed by atoms with Crippen molar-refractivity contribution in [3.63, 3.8) is 0 Å². The molecule has 152 valence electrons. The Morgan fingerprint density at radius 3 is 2.21 bits per heavy atom. The van der Waals surface area contributed by atoms with Gasteiger partial charge in [0.2, 0.25) is 0 Å². The molecule has 29 heavy (non-hydrogen) atoms. The third-order valence-electron chi connectivity index (χ3n) is 3.92. The smallest absolute Gasteiger partial charge is 0.338 e. The number of ether oxygens (including phenoxy) is 1. The average molecular weight is 417 g/mol. The Balaban J connectivity index is 2.01. The number of hydrogen-bond acceptors (Lipinski definition) is 7. The third-order valence-corrected chi connectivity index (χ3v) is 5.61. The van der Waals surface area contributed by atoms with E-state index in [1.165, 1.54) is 45.3 Å². The predicted octanol–water partition coefficient (Wildman–Crippen LogP) is 1.92. The number of esters is 1. The van der Waals surface area contributed by atoms with Crippen molar-refractivity contribution in [1.82, 2.24) is 4.47 Å². The molecule has 0 heterocycles. The fraction of sp³-hybridized carbons (Fsp3) is 0.211. The molecule has 0 spiro atoms. The fourth-order valence-electron chi connectivity index (χ4n) is 2.16. The van der Waals surface area contributed by atoms with Crippen LogP contribution in [-0.4, -0.2) is 45.0 Å². The Kier molecular flexibility index (Phi) is 7.06. The van der Waals surface area contributed by atoms with Crippen molar-refractivity contribution in [1.29, 1.82) is 5.26 Å². The summed E-state index contributed by atoms with van der Waals surface area (Å²) < 4.78 is 30.1. The number of carbonyl (C=O) groups is 2. The predicted molar refractivity (Wildman–Crippen MR) is 103 cm³/mol. The van der Waals surface area contributed by atoms with E-state index in [-0.39, 0.29) is 10.5 Å². The lowest BCUT2D eigenvalue weighted by molar-refractivity contribution is -0.123. The van der Waals surface area contributed by atoms with Crippen LogP contribution in [0.2, 0.25) is 0 Å². The maximum absolute atomic E-state index is 12.2. The minimum absolute atomic E-state index is 0.0648. The molecule has 0 aliphatic carbocycles. The molecule has 0 aliphatic rings. The standard InChI is InChI=1S/C19H19N3O6S/c1-13(18(23)21-16-8-4-14(12-20)5-9-16)28-19(24)15-6-10-17(11-7-15)29(25,26)22(2)27-3/h4-11,13H,1-3H3,(H,21,23)/t13-/m1/s1. The van der Waals surface area contributed by atoms with Crippen LogP contribution in [0.4, 0.5) is 5.69 Å². The van der Waals surface area contributed by atoms with Gasteiger partial charge < -0.3 is 10.1 Å². The molecule has 2 aromatic carbocycles. The number of anilines is 1. The van der Waals surface area contributed by atoms with Crippen LogP contribution >= 0.6 is 0 Å². The van der Waals surface area contributed by atoms with Gasteiger partial charge in [-0.2, -0.15) is 5.26 Å². The molecule has 1 atom stereocenters. The fourth-order valence-corrected chi connectivity index (χ4v) is 3.14. The Morgan fingerprint density at radius 1 is 1.10 bits per heavy atom. The number of amides is 1.